The fourth-order valence-corrected chi connectivity index (χ4v) is 3.08. The Balaban J connectivity index is 0.00000300. The zero-order chi connectivity index (χ0) is 19.8. The van der Waals surface area contributed by atoms with Crippen molar-refractivity contribution in [3.63, 3.8) is 0 Å². The van der Waals surface area contributed by atoms with Crippen LogP contribution in [0.5, 0.6) is 5.75 Å². The summed E-state index contributed by atoms with van der Waals surface area (Å²) >= 11 is 0. The van der Waals surface area contributed by atoms with E-state index < -0.39 is 0 Å². The third-order valence-corrected chi connectivity index (χ3v) is 4.73. The SMILES string of the molecule is COc1ccc(COCCN=C(N)N2CCN(c3ccc(F)cc3)CC2)cc1.I. The quantitative estimate of drug-likeness (QED) is 0.267. The zero-order valence-electron chi connectivity index (χ0n) is 16.6. The van der Waals surface area contributed by atoms with Gasteiger partial charge in [0.15, 0.2) is 5.96 Å². The van der Waals surface area contributed by atoms with E-state index in [2.05, 4.69) is 14.8 Å². The number of rotatable bonds is 7. The molecule has 0 aliphatic carbocycles. The number of hydrogen-bond donors (Lipinski definition) is 1. The van der Waals surface area contributed by atoms with Gasteiger partial charge in [0, 0.05) is 31.9 Å². The fourth-order valence-electron chi connectivity index (χ4n) is 3.08. The van der Waals surface area contributed by atoms with Crippen LogP contribution in [0.4, 0.5) is 10.1 Å². The molecule has 0 radical (unpaired) electrons. The second kappa shape index (κ2) is 11.8. The Morgan fingerprint density at radius 2 is 1.69 bits per heavy atom. The monoisotopic (exact) mass is 514 g/mol. The molecule has 1 aliphatic rings. The number of anilines is 1. The van der Waals surface area contributed by atoms with Crippen molar-refractivity contribution in [2.24, 2.45) is 10.7 Å². The maximum Gasteiger partial charge on any atom is 0.191 e. The molecule has 1 aliphatic heterocycles. The van der Waals surface area contributed by atoms with Crippen molar-refractivity contribution in [2.75, 3.05) is 51.3 Å². The predicted octanol–water partition coefficient (Wildman–Crippen LogP) is 3.11. The van der Waals surface area contributed by atoms with Gasteiger partial charge in [-0.3, -0.25) is 4.99 Å². The van der Waals surface area contributed by atoms with Crippen molar-refractivity contribution in [2.45, 2.75) is 6.61 Å². The minimum Gasteiger partial charge on any atom is -0.497 e. The number of benzene rings is 2. The van der Waals surface area contributed by atoms with Crippen LogP contribution in [0.3, 0.4) is 0 Å². The number of guanidine groups is 1. The average molecular weight is 514 g/mol. The molecule has 0 bridgehead atoms. The number of piperazine rings is 1. The van der Waals surface area contributed by atoms with Crippen molar-refractivity contribution in [3.8, 4) is 5.75 Å². The van der Waals surface area contributed by atoms with Crippen LogP contribution in [-0.4, -0.2) is 57.3 Å². The summed E-state index contributed by atoms with van der Waals surface area (Å²) in [6.45, 7) is 4.82. The molecule has 158 valence electrons. The molecule has 2 aromatic carbocycles. The van der Waals surface area contributed by atoms with E-state index >= 15 is 0 Å². The Hall–Kier alpha value is -2.07. The molecule has 0 saturated carbocycles. The Labute approximate surface area is 188 Å². The largest absolute Gasteiger partial charge is 0.497 e. The summed E-state index contributed by atoms with van der Waals surface area (Å²) in [5.41, 5.74) is 8.24. The molecule has 2 N–H and O–H groups in total. The summed E-state index contributed by atoms with van der Waals surface area (Å²) in [5.74, 6) is 1.17. The second-order valence-corrected chi connectivity index (χ2v) is 6.59. The standard InChI is InChI=1S/C21H27FN4O2.HI/c1-27-20-8-2-17(3-9-20)16-28-15-10-24-21(23)26-13-11-25(12-14-26)19-6-4-18(22)5-7-19;/h2-9H,10-16H2,1H3,(H2,23,24);1H. The van der Waals surface area contributed by atoms with Gasteiger partial charge in [0.05, 0.1) is 26.9 Å². The number of nitrogens with two attached hydrogens (primary N) is 1. The minimum atomic E-state index is -0.215. The zero-order valence-corrected chi connectivity index (χ0v) is 18.9. The number of methoxy groups -OCH3 is 1. The van der Waals surface area contributed by atoms with Gasteiger partial charge in [0.25, 0.3) is 0 Å². The van der Waals surface area contributed by atoms with E-state index in [1.165, 1.54) is 12.1 Å². The first-order valence-electron chi connectivity index (χ1n) is 9.42. The first-order chi connectivity index (χ1) is 13.7. The van der Waals surface area contributed by atoms with Crippen LogP contribution < -0.4 is 15.4 Å². The van der Waals surface area contributed by atoms with Crippen LogP contribution in [-0.2, 0) is 11.3 Å². The third-order valence-electron chi connectivity index (χ3n) is 4.73. The highest BCUT2D eigenvalue weighted by molar-refractivity contribution is 14.0. The predicted molar refractivity (Wildman–Crippen MR) is 125 cm³/mol. The lowest BCUT2D eigenvalue weighted by atomic mass is 10.2. The van der Waals surface area contributed by atoms with Gasteiger partial charge < -0.3 is 25.0 Å². The highest BCUT2D eigenvalue weighted by Gasteiger charge is 2.18. The van der Waals surface area contributed by atoms with Crippen molar-refractivity contribution in [1.29, 1.82) is 0 Å². The molecule has 0 atom stereocenters. The van der Waals surface area contributed by atoms with Crippen LogP contribution in [0.25, 0.3) is 0 Å². The molecular formula is C21H28FIN4O2. The summed E-state index contributed by atoms with van der Waals surface area (Å²) in [7, 11) is 1.65. The van der Waals surface area contributed by atoms with E-state index in [4.69, 9.17) is 15.2 Å². The van der Waals surface area contributed by atoms with Gasteiger partial charge >= 0.3 is 0 Å². The van der Waals surface area contributed by atoms with E-state index in [9.17, 15) is 4.39 Å². The Morgan fingerprint density at radius 1 is 1.03 bits per heavy atom. The molecule has 1 saturated heterocycles. The highest BCUT2D eigenvalue weighted by Crippen LogP contribution is 2.17. The van der Waals surface area contributed by atoms with Crippen molar-refractivity contribution >= 4 is 35.6 Å². The van der Waals surface area contributed by atoms with E-state index in [0.717, 1.165) is 43.2 Å². The summed E-state index contributed by atoms with van der Waals surface area (Å²) in [6.07, 6.45) is 0. The molecule has 29 heavy (non-hydrogen) atoms. The van der Waals surface area contributed by atoms with E-state index in [0.29, 0.717) is 25.7 Å². The van der Waals surface area contributed by atoms with Crippen molar-refractivity contribution in [3.05, 3.63) is 59.9 Å². The van der Waals surface area contributed by atoms with E-state index in [1.54, 1.807) is 7.11 Å². The Bertz CT molecular complexity index is 763. The highest BCUT2D eigenvalue weighted by atomic mass is 127. The van der Waals surface area contributed by atoms with Crippen LogP contribution in [0.1, 0.15) is 5.56 Å². The first-order valence-corrected chi connectivity index (χ1v) is 9.42. The van der Waals surface area contributed by atoms with Crippen molar-refractivity contribution in [1.82, 2.24) is 4.90 Å². The maximum atomic E-state index is 13.0. The fraction of sp³-hybridized carbons (Fsp3) is 0.381. The van der Waals surface area contributed by atoms with Crippen LogP contribution in [0, 0.1) is 5.82 Å². The smallest absolute Gasteiger partial charge is 0.191 e. The topological polar surface area (TPSA) is 63.3 Å². The molecule has 0 amide bonds. The molecule has 1 fully saturated rings. The summed E-state index contributed by atoms with van der Waals surface area (Å²) < 4.78 is 23.8. The third kappa shape index (κ3) is 7.04. The molecule has 1 heterocycles. The number of hydrogen-bond acceptors (Lipinski definition) is 4. The van der Waals surface area contributed by atoms with Crippen LogP contribution in [0.2, 0.25) is 0 Å². The number of halogens is 2. The molecule has 0 unspecified atom stereocenters. The second-order valence-electron chi connectivity index (χ2n) is 6.59. The summed E-state index contributed by atoms with van der Waals surface area (Å²) in [6, 6.07) is 14.4. The number of aliphatic imine (C=N–C) groups is 1. The Morgan fingerprint density at radius 3 is 2.31 bits per heavy atom. The molecule has 0 spiro atoms. The van der Waals surface area contributed by atoms with Gasteiger partial charge in [-0.15, -0.1) is 24.0 Å². The summed E-state index contributed by atoms with van der Waals surface area (Å²) in [5, 5.41) is 0. The van der Waals surface area contributed by atoms with E-state index in [-0.39, 0.29) is 29.8 Å². The van der Waals surface area contributed by atoms with Gasteiger partial charge in [-0.25, -0.2) is 4.39 Å². The van der Waals surface area contributed by atoms with Gasteiger partial charge in [-0.05, 0) is 42.0 Å². The van der Waals surface area contributed by atoms with Crippen molar-refractivity contribution < 1.29 is 13.9 Å². The van der Waals surface area contributed by atoms with E-state index in [1.807, 2.05) is 36.4 Å². The minimum absolute atomic E-state index is 0. The lowest BCUT2D eigenvalue weighted by Crippen LogP contribution is -2.51. The molecule has 0 aromatic heterocycles. The molecule has 2 aromatic rings. The average Bonchev–Trinajstić information content (AvgIpc) is 2.74. The van der Waals surface area contributed by atoms with Gasteiger partial charge in [-0.2, -0.15) is 0 Å². The summed E-state index contributed by atoms with van der Waals surface area (Å²) in [4.78, 5) is 8.72. The lowest BCUT2D eigenvalue weighted by Gasteiger charge is -2.36. The van der Waals surface area contributed by atoms with Gasteiger partial charge in [-0.1, -0.05) is 12.1 Å². The maximum absolute atomic E-state index is 13.0. The molecule has 6 nitrogen and oxygen atoms in total. The Kier molecular flexibility index (Phi) is 9.46. The van der Waals surface area contributed by atoms with Gasteiger partial charge in [0.2, 0.25) is 0 Å². The number of ether oxygens (including phenoxy) is 2. The van der Waals surface area contributed by atoms with Crippen LogP contribution >= 0.6 is 24.0 Å². The molecule has 8 heteroatoms. The lowest BCUT2D eigenvalue weighted by molar-refractivity contribution is 0.128. The first kappa shape index (κ1) is 23.2. The van der Waals surface area contributed by atoms with Gasteiger partial charge in [0.1, 0.15) is 11.6 Å². The normalized spacial score (nSPS) is 14.5. The molecule has 3 rings (SSSR count). The molecular weight excluding hydrogens is 486 g/mol. The number of nitrogens with zero attached hydrogens (tertiary/aromatic N) is 3. The van der Waals surface area contributed by atoms with Crippen LogP contribution in [0.15, 0.2) is 53.5 Å².